The molecule has 0 aliphatic rings. The lowest BCUT2D eigenvalue weighted by Gasteiger charge is -2.10. The molecule has 2 aromatic carbocycles. The zero-order valence-corrected chi connectivity index (χ0v) is 16.6. The quantitative estimate of drug-likeness (QED) is 0.447. The van der Waals surface area contributed by atoms with Crippen molar-refractivity contribution in [3.8, 4) is 17.2 Å². The van der Waals surface area contributed by atoms with Crippen LogP contribution >= 0.6 is 11.6 Å². The molecule has 0 unspecified atom stereocenters. The molecule has 26 heavy (non-hydrogen) atoms. The number of rotatable bonds is 5. The maximum Gasteiger partial charge on any atom is 0.207 e. The molecule has 1 amide bonds. The van der Waals surface area contributed by atoms with Gasteiger partial charge in [0.05, 0.1) is 5.02 Å². The lowest BCUT2D eigenvalue weighted by molar-refractivity contribution is -0.109. The Morgan fingerprint density at radius 2 is 1.77 bits per heavy atom. The molecule has 2 aromatic rings. The van der Waals surface area contributed by atoms with E-state index in [4.69, 9.17) is 22.1 Å². The predicted octanol–water partition coefficient (Wildman–Crippen LogP) is 4.63. The highest BCUT2D eigenvalue weighted by molar-refractivity contribution is 6.32. The molecule has 0 saturated heterocycles. The van der Waals surface area contributed by atoms with Crippen molar-refractivity contribution in [2.45, 2.75) is 33.7 Å². The Balaban J connectivity index is 0.000000667. The van der Waals surface area contributed by atoms with Crippen molar-refractivity contribution in [3.05, 3.63) is 41.4 Å². The van der Waals surface area contributed by atoms with Crippen LogP contribution < -0.4 is 21.1 Å². The number of hydrogen-bond donors (Lipinski definition) is 4. The first-order chi connectivity index (χ1) is 12.4. The van der Waals surface area contributed by atoms with Crippen LogP contribution in [-0.4, -0.2) is 24.6 Å². The number of nitrogen functional groups attached to an aromatic ring is 1. The molecule has 0 spiro atoms. The van der Waals surface area contributed by atoms with E-state index in [0.717, 1.165) is 5.69 Å². The van der Waals surface area contributed by atoms with E-state index in [9.17, 15) is 9.90 Å². The van der Waals surface area contributed by atoms with Crippen molar-refractivity contribution in [1.82, 2.24) is 5.32 Å². The smallest absolute Gasteiger partial charge is 0.207 e. The van der Waals surface area contributed by atoms with Gasteiger partial charge in [0.1, 0.15) is 5.75 Å². The zero-order chi connectivity index (χ0) is 20.1. The van der Waals surface area contributed by atoms with Crippen LogP contribution in [0.3, 0.4) is 0 Å². The first-order valence-corrected chi connectivity index (χ1v) is 8.68. The van der Waals surface area contributed by atoms with E-state index in [0.29, 0.717) is 17.8 Å². The summed E-state index contributed by atoms with van der Waals surface area (Å²) in [6.07, 6.45) is 0.699. The number of amides is 1. The first-order valence-electron chi connectivity index (χ1n) is 8.30. The van der Waals surface area contributed by atoms with Gasteiger partial charge in [-0.2, -0.15) is 0 Å². The van der Waals surface area contributed by atoms with Gasteiger partial charge in [-0.3, -0.25) is 4.79 Å². The van der Waals surface area contributed by atoms with Crippen LogP contribution in [0.4, 0.5) is 11.4 Å². The van der Waals surface area contributed by atoms with Crippen LogP contribution in [0.2, 0.25) is 5.02 Å². The lowest BCUT2D eigenvalue weighted by atomic mass is 10.2. The molecule has 144 valence electrons. The minimum Gasteiger partial charge on any atom is -0.504 e. The molecule has 0 heterocycles. The van der Waals surface area contributed by atoms with E-state index in [-0.39, 0.29) is 22.6 Å². The summed E-state index contributed by atoms with van der Waals surface area (Å²) in [7, 11) is 1.83. The zero-order valence-electron chi connectivity index (χ0n) is 15.8. The van der Waals surface area contributed by atoms with Gasteiger partial charge in [0.2, 0.25) is 6.41 Å². The van der Waals surface area contributed by atoms with E-state index in [1.165, 1.54) is 12.1 Å². The number of nitrogens with one attached hydrogen (secondary N) is 2. The Hall–Kier alpha value is -2.60. The van der Waals surface area contributed by atoms with Gasteiger partial charge >= 0.3 is 0 Å². The largest absolute Gasteiger partial charge is 0.504 e. The highest BCUT2D eigenvalue weighted by atomic mass is 35.5. The third-order valence-corrected chi connectivity index (χ3v) is 3.09. The van der Waals surface area contributed by atoms with Crippen LogP contribution in [0.1, 0.15) is 27.7 Å². The number of benzene rings is 2. The second-order valence-electron chi connectivity index (χ2n) is 5.17. The van der Waals surface area contributed by atoms with Crippen molar-refractivity contribution in [1.29, 1.82) is 0 Å². The Morgan fingerprint density at radius 3 is 2.15 bits per heavy atom. The van der Waals surface area contributed by atoms with Crippen LogP contribution in [0.15, 0.2) is 36.4 Å². The second-order valence-corrected chi connectivity index (χ2v) is 5.57. The maximum absolute atomic E-state index is 9.73. The standard InChI is InChI=1S/C13H13ClN2O2.C4H9NO.C2H6/c1-16-9-2-4-10(5-3-9)18-13-11(14)6-8(15)7-12(13)17;1-4(2)5-3-6;1-2/h2-7,16-17H,15H2,1H3;3-4H,1-2H3,(H,5,6);1-2H3. The third kappa shape index (κ3) is 8.48. The molecule has 0 bridgehead atoms. The Bertz CT molecular complexity index is 639. The van der Waals surface area contributed by atoms with Crippen molar-refractivity contribution < 1.29 is 14.6 Å². The molecule has 5 N–H and O–H groups in total. The number of anilines is 2. The fourth-order valence-electron chi connectivity index (χ4n) is 1.64. The van der Waals surface area contributed by atoms with Crippen LogP contribution in [-0.2, 0) is 4.79 Å². The Morgan fingerprint density at radius 1 is 1.19 bits per heavy atom. The van der Waals surface area contributed by atoms with Crippen molar-refractivity contribution in [2.24, 2.45) is 0 Å². The number of nitrogens with two attached hydrogens (primary N) is 1. The maximum atomic E-state index is 9.73. The number of carbonyl (C=O) groups is 1. The van der Waals surface area contributed by atoms with Gasteiger partial charge in [-0.1, -0.05) is 25.4 Å². The minimum absolute atomic E-state index is 0.0855. The normalized spacial score (nSPS) is 9.19. The Kier molecular flexibility index (Phi) is 11.4. The lowest BCUT2D eigenvalue weighted by Crippen LogP contribution is -2.19. The van der Waals surface area contributed by atoms with Gasteiger partial charge in [0.15, 0.2) is 11.5 Å². The first kappa shape index (κ1) is 23.4. The topological polar surface area (TPSA) is 96.6 Å². The molecular formula is C19H28ClN3O3. The van der Waals surface area contributed by atoms with E-state index >= 15 is 0 Å². The number of ether oxygens (including phenoxy) is 1. The molecule has 0 aliphatic heterocycles. The molecular weight excluding hydrogens is 354 g/mol. The van der Waals surface area contributed by atoms with Crippen molar-refractivity contribution in [2.75, 3.05) is 18.1 Å². The molecule has 6 nitrogen and oxygen atoms in total. The molecule has 0 atom stereocenters. The summed E-state index contributed by atoms with van der Waals surface area (Å²) in [5.74, 6) is 0.691. The molecule has 0 fully saturated rings. The Labute approximate surface area is 160 Å². The summed E-state index contributed by atoms with van der Waals surface area (Å²) >= 11 is 5.97. The average molecular weight is 382 g/mol. The van der Waals surface area contributed by atoms with E-state index in [1.54, 1.807) is 12.1 Å². The van der Waals surface area contributed by atoms with Gasteiger partial charge in [0.25, 0.3) is 0 Å². The number of phenols is 1. The fourth-order valence-corrected chi connectivity index (χ4v) is 1.91. The number of halogens is 1. The van der Waals surface area contributed by atoms with Crippen LogP contribution in [0, 0.1) is 0 Å². The van der Waals surface area contributed by atoms with Gasteiger partial charge in [-0.25, -0.2) is 0 Å². The van der Waals surface area contributed by atoms with E-state index in [2.05, 4.69) is 10.6 Å². The van der Waals surface area contributed by atoms with Crippen LogP contribution in [0.5, 0.6) is 17.2 Å². The molecule has 0 aliphatic carbocycles. The fraction of sp³-hybridized carbons (Fsp3) is 0.316. The number of carbonyl (C=O) groups excluding carboxylic acids is 1. The molecule has 2 rings (SSSR count). The van der Waals surface area contributed by atoms with Crippen LogP contribution in [0.25, 0.3) is 0 Å². The SMILES string of the molecule is CC.CC(C)NC=O.CNc1ccc(Oc2c(O)cc(N)cc2Cl)cc1. The number of aromatic hydroxyl groups is 1. The monoisotopic (exact) mass is 381 g/mol. The van der Waals surface area contributed by atoms with Crippen molar-refractivity contribution in [3.63, 3.8) is 0 Å². The highest BCUT2D eigenvalue weighted by Gasteiger charge is 2.10. The number of hydrogen-bond acceptors (Lipinski definition) is 5. The summed E-state index contributed by atoms with van der Waals surface area (Å²) in [4.78, 5) is 9.50. The summed E-state index contributed by atoms with van der Waals surface area (Å²) < 4.78 is 5.53. The second kappa shape index (κ2) is 12.7. The minimum atomic E-state index is -0.0855. The van der Waals surface area contributed by atoms with E-state index in [1.807, 2.05) is 46.9 Å². The summed E-state index contributed by atoms with van der Waals surface area (Å²) in [6, 6.07) is 10.5. The molecule has 0 aromatic heterocycles. The van der Waals surface area contributed by atoms with Gasteiger partial charge < -0.3 is 26.2 Å². The molecule has 0 saturated carbocycles. The summed E-state index contributed by atoms with van der Waals surface area (Å²) in [5.41, 5.74) is 6.90. The van der Waals surface area contributed by atoms with Gasteiger partial charge in [0, 0.05) is 30.5 Å². The molecule has 0 radical (unpaired) electrons. The number of phenolic OH excluding ortho intramolecular Hbond substituents is 1. The van der Waals surface area contributed by atoms with E-state index < -0.39 is 0 Å². The molecule has 7 heteroatoms. The predicted molar refractivity (Wildman–Crippen MR) is 109 cm³/mol. The van der Waals surface area contributed by atoms with Gasteiger partial charge in [-0.15, -0.1) is 0 Å². The average Bonchev–Trinajstić information content (AvgIpc) is 2.61. The summed E-state index contributed by atoms with van der Waals surface area (Å²) in [5, 5.41) is 15.5. The van der Waals surface area contributed by atoms with Gasteiger partial charge in [-0.05, 0) is 44.2 Å². The third-order valence-electron chi connectivity index (χ3n) is 2.81. The summed E-state index contributed by atoms with van der Waals surface area (Å²) in [6.45, 7) is 7.82. The van der Waals surface area contributed by atoms with Crippen molar-refractivity contribution >= 4 is 29.4 Å². The highest BCUT2D eigenvalue weighted by Crippen LogP contribution is 2.39.